The predicted octanol–water partition coefficient (Wildman–Crippen LogP) is 5.70. The molecule has 0 N–H and O–H groups in total. The molecular weight excluding hydrogens is 438 g/mol. The molecule has 2 heterocycles. The zero-order valence-corrected chi connectivity index (χ0v) is 21.4. The summed E-state index contributed by atoms with van der Waals surface area (Å²) in [5.74, 6) is 1.11. The van der Waals surface area contributed by atoms with Crippen LogP contribution in [-0.4, -0.2) is 59.0 Å². The van der Waals surface area contributed by atoms with Gasteiger partial charge in [-0.2, -0.15) is 0 Å². The van der Waals surface area contributed by atoms with Crippen LogP contribution in [0, 0.1) is 0 Å². The maximum Gasteiger partial charge on any atom is 0.410 e. The maximum absolute atomic E-state index is 12.4. The van der Waals surface area contributed by atoms with Gasteiger partial charge in [0.25, 0.3) is 0 Å². The van der Waals surface area contributed by atoms with E-state index in [-0.39, 0.29) is 18.2 Å². The van der Waals surface area contributed by atoms with E-state index in [1.807, 2.05) is 27.8 Å². The fourth-order valence-corrected chi connectivity index (χ4v) is 6.09. The zero-order chi connectivity index (χ0) is 23.6. The standard InChI is InChI=1S/C25H37N3O4S/c1-6-13-30-14-16-7-12-19-20(16)21-22(26-15-27-23(21)33-19)31-18-10-8-17(9-11-18)28(5)24(29)32-25(2,3)4/h15-18H,6-14H2,1-5H3/t16-,17-,18-/m1/s1. The molecule has 7 nitrogen and oxygen atoms in total. The summed E-state index contributed by atoms with van der Waals surface area (Å²) in [5.41, 5.74) is 0.865. The van der Waals surface area contributed by atoms with E-state index in [4.69, 9.17) is 14.2 Å². The number of carbonyl (C=O) groups excluding carboxylic acids is 1. The highest BCUT2D eigenvalue weighted by molar-refractivity contribution is 7.19. The number of hydrogen-bond donors (Lipinski definition) is 0. The van der Waals surface area contributed by atoms with Gasteiger partial charge in [0.15, 0.2) is 0 Å². The van der Waals surface area contributed by atoms with Crippen LogP contribution in [0.4, 0.5) is 4.79 Å². The van der Waals surface area contributed by atoms with Gasteiger partial charge in [0.1, 0.15) is 22.9 Å². The van der Waals surface area contributed by atoms with Gasteiger partial charge in [0, 0.05) is 30.5 Å². The molecule has 0 bridgehead atoms. The molecule has 2 aliphatic carbocycles. The van der Waals surface area contributed by atoms with Crippen LogP contribution in [0.15, 0.2) is 6.33 Å². The molecule has 0 aromatic carbocycles. The van der Waals surface area contributed by atoms with Crippen LogP contribution in [0.5, 0.6) is 5.88 Å². The number of nitrogens with zero attached hydrogens (tertiary/aromatic N) is 3. The molecule has 0 spiro atoms. The number of aromatic nitrogens is 2. The third-order valence-electron chi connectivity index (χ3n) is 6.51. The van der Waals surface area contributed by atoms with Crippen LogP contribution < -0.4 is 4.74 Å². The Labute approximate surface area is 200 Å². The molecule has 1 saturated carbocycles. The third-order valence-corrected chi connectivity index (χ3v) is 7.69. The molecule has 0 unspecified atom stereocenters. The molecule has 4 rings (SSSR count). The van der Waals surface area contributed by atoms with Crippen molar-refractivity contribution in [1.29, 1.82) is 0 Å². The quantitative estimate of drug-likeness (QED) is 0.478. The largest absolute Gasteiger partial charge is 0.474 e. The Bertz CT molecular complexity index is 962. The van der Waals surface area contributed by atoms with Crippen LogP contribution in [-0.2, 0) is 15.9 Å². The maximum atomic E-state index is 12.4. The summed E-state index contributed by atoms with van der Waals surface area (Å²) in [7, 11) is 1.84. The van der Waals surface area contributed by atoms with E-state index in [1.165, 1.54) is 10.4 Å². The number of rotatable bonds is 7. The molecule has 2 aromatic heterocycles. The highest BCUT2D eigenvalue weighted by Gasteiger charge is 2.33. The van der Waals surface area contributed by atoms with Crippen LogP contribution >= 0.6 is 11.3 Å². The lowest BCUT2D eigenvalue weighted by molar-refractivity contribution is 0.0137. The van der Waals surface area contributed by atoms with Gasteiger partial charge in [0.05, 0.1) is 12.0 Å². The summed E-state index contributed by atoms with van der Waals surface area (Å²) in [5, 5.41) is 1.09. The number of carbonyl (C=O) groups is 1. The molecule has 2 aliphatic rings. The smallest absolute Gasteiger partial charge is 0.410 e. The molecule has 0 saturated heterocycles. The van der Waals surface area contributed by atoms with Gasteiger partial charge in [-0.1, -0.05) is 6.92 Å². The fourth-order valence-electron chi connectivity index (χ4n) is 4.86. The molecule has 33 heavy (non-hydrogen) atoms. The lowest BCUT2D eigenvalue weighted by atomic mass is 9.92. The number of thiophene rings is 1. The first-order chi connectivity index (χ1) is 15.8. The number of ether oxygens (including phenoxy) is 3. The molecule has 1 amide bonds. The van der Waals surface area contributed by atoms with Crippen molar-refractivity contribution < 1.29 is 19.0 Å². The van der Waals surface area contributed by atoms with Crippen LogP contribution in [0.2, 0.25) is 0 Å². The van der Waals surface area contributed by atoms with Gasteiger partial charge < -0.3 is 19.1 Å². The topological polar surface area (TPSA) is 73.8 Å². The second kappa shape index (κ2) is 10.1. The van der Waals surface area contributed by atoms with E-state index < -0.39 is 5.60 Å². The van der Waals surface area contributed by atoms with Crippen LogP contribution in [0.3, 0.4) is 0 Å². The highest BCUT2D eigenvalue weighted by Crippen LogP contribution is 2.46. The van der Waals surface area contributed by atoms with Crippen molar-refractivity contribution in [2.75, 3.05) is 20.3 Å². The molecule has 1 atom stereocenters. The van der Waals surface area contributed by atoms with Crippen molar-refractivity contribution in [1.82, 2.24) is 14.9 Å². The van der Waals surface area contributed by atoms with Gasteiger partial charge in [-0.3, -0.25) is 0 Å². The molecule has 182 valence electrons. The number of amides is 1. The van der Waals surface area contributed by atoms with Crippen molar-refractivity contribution in [2.24, 2.45) is 0 Å². The summed E-state index contributed by atoms with van der Waals surface area (Å²) in [6.07, 6.45) is 8.26. The SMILES string of the molecule is CCCOC[C@H]1CCc2sc3ncnc(O[C@H]4CC[C@H](N(C)C(=O)OC(C)(C)C)CC4)c3c21. The Balaban J connectivity index is 1.42. The van der Waals surface area contributed by atoms with Gasteiger partial charge in [-0.25, -0.2) is 14.8 Å². The predicted molar refractivity (Wildman–Crippen MR) is 130 cm³/mol. The molecule has 1 fully saturated rings. The van der Waals surface area contributed by atoms with Gasteiger partial charge in [-0.15, -0.1) is 11.3 Å². The van der Waals surface area contributed by atoms with Gasteiger partial charge in [-0.05, 0) is 71.3 Å². The van der Waals surface area contributed by atoms with Crippen molar-refractivity contribution >= 4 is 27.6 Å². The second-order valence-electron chi connectivity index (χ2n) is 10.2. The molecule has 0 radical (unpaired) electrons. The van der Waals surface area contributed by atoms with Crippen molar-refractivity contribution in [2.45, 2.75) is 96.3 Å². The molecule has 2 aromatic rings. The minimum absolute atomic E-state index is 0.0955. The third kappa shape index (κ3) is 5.60. The minimum atomic E-state index is -0.482. The number of fused-ring (bicyclic) bond motifs is 3. The number of hydrogen-bond acceptors (Lipinski definition) is 7. The Morgan fingerprint density at radius 3 is 2.64 bits per heavy atom. The average molecular weight is 476 g/mol. The van der Waals surface area contributed by atoms with Gasteiger partial charge in [0.2, 0.25) is 5.88 Å². The van der Waals surface area contributed by atoms with Gasteiger partial charge >= 0.3 is 6.09 Å². The summed E-state index contributed by atoms with van der Waals surface area (Å²) in [6.45, 7) is 9.38. The first kappa shape index (κ1) is 24.2. The normalized spacial score (nSPS) is 22.9. The van der Waals surface area contributed by atoms with Crippen LogP contribution in [0.1, 0.15) is 82.6 Å². The summed E-state index contributed by atoms with van der Waals surface area (Å²) in [6, 6.07) is 0.176. The van der Waals surface area contributed by atoms with Crippen LogP contribution in [0.25, 0.3) is 10.2 Å². The molecular formula is C25H37N3O4S. The first-order valence-corrected chi connectivity index (χ1v) is 13.0. The van der Waals surface area contributed by atoms with E-state index in [1.54, 1.807) is 22.6 Å². The Morgan fingerprint density at radius 2 is 1.94 bits per heavy atom. The summed E-state index contributed by atoms with van der Waals surface area (Å²) in [4.78, 5) is 25.7. The van der Waals surface area contributed by atoms with E-state index in [9.17, 15) is 4.79 Å². The van der Waals surface area contributed by atoms with E-state index in [0.29, 0.717) is 11.8 Å². The molecule has 0 aliphatic heterocycles. The Kier molecular flexibility index (Phi) is 7.43. The average Bonchev–Trinajstić information content (AvgIpc) is 3.33. The summed E-state index contributed by atoms with van der Waals surface area (Å²) >= 11 is 1.77. The number of aryl methyl sites for hydroxylation is 1. The Morgan fingerprint density at radius 1 is 1.18 bits per heavy atom. The van der Waals surface area contributed by atoms with Crippen molar-refractivity contribution in [3.8, 4) is 5.88 Å². The molecule has 8 heteroatoms. The van der Waals surface area contributed by atoms with Crippen molar-refractivity contribution in [3.63, 3.8) is 0 Å². The van der Waals surface area contributed by atoms with E-state index in [0.717, 1.165) is 68.4 Å². The monoisotopic (exact) mass is 475 g/mol. The fraction of sp³-hybridized carbons (Fsp3) is 0.720. The second-order valence-corrected chi connectivity index (χ2v) is 11.3. The lowest BCUT2D eigenvalue weighted by Gasteiger charge is -2.35. The zero-order valence-electron chi connectivity index (χ0n) is 20.6. The summed E-state index contributed by atoms with van der Waals surface area (Å²) < 4.78 is 17.9. The van der Waals surface area contributed by atoms with Crippen molar-refractivity contribution in [3.05, 3.63) is 16.8 Å². The highest BCUT2D eigenvalue weighted by atomic mass is 32.1. The van der Waals surface area contributed by atoms with E-state index in [2.05, 4.69) is 16.9 Å². The van der Waals surface area contributed by atoms with E-state index >= 15 is 0 Å². The lowest BCUT2D eigenvalue weighted by Crippen LogP contribution is -2.43. The Hall–Kier alpha value is -1.93. The first-order valence-electron chi connectivity index (χ1n) is 12.2. The minimum Gasteiger partial charge on any atom is -0.474 e.